The highest BCUT2D eigenvalue weighted by molar-refractivity contribution is 7.71. The molecule has 0 amide bonds. The molecule has 0 saturated carbocycles. The molecule has 0 fully saturated rings. The van der Waals surface area contributed by atoms with Crippen LogP contribution in [0, 0.1) is 9.68 Å². The summed E-state index contributed by atoms with van der Waals surface area (Å²) in [6.07, 6.45) is 0. The van der Waals surface area contributed by atoms with Gasteiger partial charge in [-0.05, 0) is 35.8 Å². The lowest BCUT2D eigenvalue weighted by Gasteiger charge is -2.12. The van der Waals surface area contributed by atoms with Gasteiger partial charge in [-0.15, -0.1) is 0 Å². The highest BCUT2D eigenvalue weighted by Crippen LogP contribution is 2.34. The third kappa shape index (κ3) is 3.25. The standard InChI is InChI=1S/C20H16N4O3S/c25-18-12-14(27-11-10-21-26)8-9-16(18)19-22-23-20(28)24(19)17-7-3-5-13-4-1-2-6-15(13)17/h1-9,12,25H,10-11H2,(H,23,28). The number of aromatic nitrogens is 3. The normalized spacial score (nSPS) is 10.9. The zero-order valence-corrected chi connectivity index (χ0v) is 15.5. The second-order valence-electron chi connectivity index (χ2n) is 6.07. The Kier molecular flexibility index (Phi) is 4.86. The molecule has 4 rings (SSSR count). The third-order valence-corrected chi connectivity index (χ3v) is 4.62. The molecule has 0 aliphatic carbocycles. The Morgan fingerprint density at radius 1 is 1.14 bits per heavy atom. The number of nitrogens with one attached hydrogen (secondary N) is 1. The Hall–Kier alpha value is -3.52. The molecule has 4 aromatic rings. The number of aromatic hydroxyl groups is 1. The number of fused-ring (bicyclic) bond motifs is 1. The number of rotatable bonds is 6. The monoisotopic (exact) mass is 392 g/mol. The molecule has 8 heteroatoms. The maximum absolute atomic E-state index is 10.5. The number of ether oxygens (including phenoxy) is 1. The van der Waals surface area contributed by atoms with E-state index in [-0.39, 0.29) is 18.9 Å². The molecular weight excluding hydrogens is 376 g/mol. The zero-order valence-electron chi connectivity index (χ0n) is 14.7. The fraction of sp³-hybridized carbons (Fsp3) is 0.100. The molecule has 0 spiro atoms. The number of nitrogens with zero attached hydrogens (tertiary/aromatic N) is 3. The third-order valence-electron chi connectivity index (χ3n) is 4.34. The largest absolute Gasteiger partial charge is 0.507 e. The summed E-state index contributed by atoms with van der Waals surface area (Å²) in [6, 6.07) is 18.8. The summed E-state index contributed by atoms with van der Waals surface area (Å²) in [5, 5.41) is 22.5. The van der Waals surface area contributed by atoms with Crippen LogP contribution in [0.15, 0.2) is 65.8 Å². The van der Waals surface area contributed by atoms with Crippen molar-refractivity contribution in [3.8, 4) is 28.6 Å². The van der Waals surface area contributed by atoms with Crippen LogP contribution in [-0.4, -0.2) is 33.0 Å². The van der Waals surface area contributed by atoms with E-state index in [1.54, 1.807) is 16.7 Å². The average Bonchev–Trinajstić information content (AvgIpc) is 3.09. The van der Waals surface area contributed by atoms with Crippen LogP contribution < -0.4 is 4.74 Å². The Bertz CT molecular complexity index is 1210. The molecule has 0 aliphatic heterocycles. The van der Waals surface area contributed by atoms with Gasteiger partial charge in [-0.1, -0.05) is 41.6 Å². The summed E-state index contributed by atoms with van der Waals surface area (Å²) >= 11 is 5.46. The van der Waals surface area contributed by atoms with Gasteiger partial charge in [0.1, 0.15) is 24.7 Å². The number of hydrogen-bond acceptors (Lipinski definition) is 6. The van der Waals surface area contributed by atoms with Gasteiger partial charge in [0.15, 0.2) is 10.6 Å². The second-order valence-corrected chi connectivity index (χ2v) is 6.45. The molecule has 0 atom stereocenters. The molecule has 2 N–H and O–H groups in total. The molecule has 7 nitrogen and oxygen atoms in total. The van der Waals surface area contributed by atoms with Crippen molar-refractivity contribution in [2.24, 2.45) is 5.18 Å². The van der Waals surface area contributed by atoms with E-state index in [9.17, 15) is 10.0 Å². The number of benzene rings is 3. The van der Waals surface area contributed by atoms with Crippen molar-refractivity contribution in [2.45, 2.75) is 0 Å². The van der Waals surface area contributed by atoms with Gasteiger partial charge in [0.05, 0.1) is 11.3 Å². The van der Waals surface area contributed by atoms with Gasteiger partial charge in [-0.2, -0.15) is 10.0 Å². The molecule has 0 unspecified atom stereocenters. The first kappa shape index (κ1) is 17.9. The van der Waals surface area contributed by atoms with E-state index in [1.165, 1.54) is 6.07 Å². The first-order valence-electron chi connectivity index (χ1n) is 8.60. The number of aromatic amines is 1. The van der Waals surface area contributed by atoms with Crippen molar-refractivity contribution in [2.75, 3.05) is 13.2 Å². The molecule has 28 heavy (non-hydrogen) atoms. The highest BCUT2D eigenvalue weighted by atomic mass is 32.1. The minimum Gasteiger partial charge on any atom is -0.507 e. The first-order valence-corrected chi connectivity index (χ1v) is 9.01. The van der Waals surface area contributed by atoms with E-state index < -0.39 is 0 Å². The predicted molar refractivity (Wildman–Crippen MR) is 110 cm³/mol. The van der Waals surface area contributed by atoms with E-state index >= 15 is 0 Å². The highest BCUT2D eigenvalue weighted by Gasteiger charge is 2.16. The fourth-order valence-corrected chi connectivity index (χ4v) is 3.33. The Morgan fingerprint density at radius 2 is 1.96 bits per heavy atom. The van der Waals surface area contributed by atoms with Crippen LogP contribution in [0.4, 0.5) is 0 Å². The van der Waals surface area contributed by atoms with E-state index in [2.05, 4.69) is 15.4 Å². The van der Waals surface area contributed by atoms with Crippen molar-refractivity contribution in [3.05, 3.63) is 70.3 Å². The molecule has 0 bridgehead atoms. The van der Waals surface area contributed by atoms with E-state index in [4.69, 9.17) is 17.0 Å². The first-order chi connectivity index (χ1) is 13.7. The average molecular weight is 392 g/mol. The summed E-state index contributed by atoms with van der Waals surface area (Å²) in [5.74, 6) is 0.919. The van der Waals surface area contributed by atoms with Gasteiger partial charge in [0.25, 0.3) is 0 Å². The second kappa shape index (κ2) is 7.61. The van der Waals surface area contributed by atoms with Gasteiger partial charge in [-0.25, -0.2) is 0 Å². The Balaban J connectivity index is 1.81. The number of phenols is 1. The molecule has 1 heterocycles. The van der Waals surface area contributed by atoms with Crippen LogP contribution in [0.1, 0.15) is 0 Å². The lowest BCUT2D eigenvalue weighted by molar-refractivity contribution is 0.326. The zero-order chi connectivity index (χ0) is 19.5. The summed E-state index contributed by atoms with van der Waals surface area (Å²) in [6.45, 7) is 0.194. The van der Waals surface area contributed by atoms with Crippen molar-refractivity contribution in [1.29, 1.82) is 0 Å². The molecule has 0 radical (unpaired) electrons. The van der Waals surface area contributed by atoms with Crippen LogP contribution in [0.3, 0.4) is 0 Å². The predicted octanol–water partition coefficient (Wildman–Crippen LogP) is 4.60. The van der Waals surface area contributed by atoms with Gasteiger partial charge in [-0.3, -0.25) is 9.67 Å². The van der Waals surface area contributed by atoms with Gasteiger partial charge in [0, 0.05) is 11.5 Å². The van der Waals surface area contributed by atoms with Crippen LogP contribution in [0.25, 0.3) is 27.8 Å². The fourth-order valence-electron chi connectivity index (χ4n) is 3.10. The van der Waals surface area contributed by atoms with Crippen molar-refractivity contribution in [1.82, 2.24) is 14.8 Å². The minimum absolute atomic E-state index is 0.00736. The summed E-state index contributed by atoms with van der Waals surface area (Å²) in [7, 11) is 0. The lowest BCUT2D eigenvalue weighted by atomic mass is 10.1. The van der Waals surface area contributed by atoms with Gasteiger partial charge < -0.3 is 9.84 Å². The van der Waals surface area contributed by atoms with Crippen LogP contribution in [0.5, 0.6) is 11.5 Å². The summed E-state index contributed by atoms with van der Waals surface area (Å²) < 4.78 is 7.60. The quantitative estimate of drug-likeness (QED) is 0.284. The molecule has 1 aromatic heterocycles. The number of hydrogen-bond donors (Lipinski definition) is 2. The molecule has 140 valence electrons. The topological polar surface area (TPSA) is 92.5 Å². The maximum atomic E-state index is 10.5. The number of nitroso groups, excluding NO2 is 1. The minimum atomic E-state index is -0.00736. The molecule has 0 saturated heterocycles. The van der Waals surface area contributed by atoms with Crippen molar-refractivity contribution in [3.63, 3.8) is 0 Å². The number of H-pyrrole nitrogens is 1. The maximum Gasteiger partial charge on any atom is 0.200 e. The Labute approximate surface area is 165 Å². The molecule has 3 aromatic carbocycles. The SMILES string of the molecule is O=NCCOc1ccc(-c2n[nH]c(=S)n2-c2cccc3ccccc23)c(O)c1. The van der Waals surface area contributed by atoms with Crippen LogP contribution in [-0.2, 0) is 0 Å². The van der Waals surface area contributed by atoms with Crippen LogP contribution in [0.2, 0.25) is 0 Å². The lowest BCUT2D eigenvalue weighted by Crippen LogP contribution is -2.01. The van der Waals surface area contributed by atoms with Gasteiger partial charge in [0.2, 0.25) is 0 Å². The molecule has 0 aliphatic rings. The summed E-state index contributed by atoms with van der Waals surface area (Å²) in [4.78, 5) is 10.2. The Morgan fingerprint density at radius 3 is 2.79 bits per heavy atom. The van der Waals surface area contributed by atoms with Crippen molar-refractivity contribution < 1.29 is 9.84 Å². The smallest absolute Gasteiger partial charge is 0.200 e. The summed E-state index contributed by atoms with van der Waals surface area (Å²) in [5.41, 5.74) is 1.37. The number of phenolic OH excluding ortho intramolecular Hbond substituents is 1. The van der Waals surface area contributed by atoms with Crippen molar-refractivity contribution >= 4 is 23.0 Å². The van der Waals surface area contributed by atoms with E-state index in [0.717, 1.165) is 16.5 Å². The van der Waals surface area contributed by atoms with Gasteiger partial charge >= 0.3 is 0 Å². The van der Waals surface area contributed by atoms with E-state index in [0.29, 0.717) is 21.9 Å². The molecular formula is C20H16N4O3S. The van der Waals surface area contributed by atoms with Crippen LogP contribution >= 0.6 is 12.2 Å². The van der Waals surface area contributed by atoms with E-state index in [1.807, 2.05) is 42.5 Å².